The first-order valence-electron chi connectivity index (χ1n) is 4.95. The van der Waals surface area contributed by atoms with E-state index in [0.717, 1.165) is 26.2 Å². The first kappa shape index (κ1) is 8.97. The van der Waals surface area contributed by atoms with E-state index in [4.69, 9.17) is 5.11 Å². The van der Waals surface area contributed by atoms with Crippen molar-refractivity contribution in [3.63, 3.8) is 0 Å². The second kappa shape index (κ2) is 3.64. The fourth-order valence-electron chi connectivity index (χ4n) is 2.14. The van der Waals surface area contributed by atoms with E-state index < -0.39 is 5.97 Å². The van der Waals surface area contributed by atoms with Crippen molar-refractivity contribution < 1.29 is 9.90 Å². The molecule has 4 heteroatoms. The fraction of sp³-hybridized carbons (Fsp3) is 0.889. The molecule has 2 fully saturated rings. The largest absolute Gasteiger partial charge is 0.481 e. The minimum Gasteiger partial charge on any atom is -0.481 e. The van der Waals surface area contributed by atoms with Gasteiger partial charge in [0, 0.05) is 19.1 Å². The Hall–Kier alpha value is -0.610. The van der Waals surface area contributed by atoms with E-state index in [2.05, 4.69) is 10.2 Å². The van der Waals surface area contributed by atoms with Crippen LogP contribution in [0.5, 0.6) is 0 Å². The van der Waals surface area contributed by atoms with Crippen LogP contribution >= 0.6 is 0 Å². The summed E-state index contributed by atoms with van der Waals surface area (Å²) in [7, 11) is 0. The summed E-state index contributed by atoms with van der Waals surface area (Å²) in [6.45, 7) is 3.69. The lowest BCUT2D eigenvalue weighted by atomic mass is 9.94. The lowest BCUT2D eigenvalue weighted by molar-refractivity contribution is -0.148. The summed E-state index contributed by atoms with van der Waals surface area (Å²) in [4.78, 5) is 12.9. The number of rotatable bonds is 2. The number of piperidine rings is 1. The number of hydrogen-bond donors (Lipinski definition) is 2. The first-order chi connectivity index (χ1) is 6.27. The molecule has 0 radical (unpaired) electrons. The summed E-state index contributed by atoms with van der Waals surface area (Å²) in [6.07, 6.45) is 2.35. The van der Waals surface area contributed by atoms with E-state index in [9.17, 15) is 4.79 Å². The number of aliphatic carboxylic acids is 1. The molecule has 0 spiro atoms. The highest BCUT2D eigenvalue weighted by Crippen LogP contribution is 2.22. The number of carboxylic acid groups (broad SMARTS) is 1. The van der Waals surface area contributed by atoms with E-state index in [1.807, 2.05) is 0 Å². The van der Waals surface area contributed by atoms with Crippen LogP contribution in [0.25, 0.3) is 0 Å². The third-order valence-corrected chi connectivity index (χ3v) is 3.08. The van der Waals surface area contributed by atoms with Crippen LogP contribution in [0.4, 0.5) is 0 Å². The number of carbonyl (C=O) groups is 1. The minimum absolute atomic E-state index is 0.102. The standard InChI is InChI=1S/C9H16N2O2/c12-9(13)7-5-11(6-7)8-1-3-10-4-2-8/h7-8,10H,1-6H2,(H,12,13). The van der Waals surface area contributed by atoms with Gasteiger partial charge in [-0.25, -0.2) is 0 Å². The number of hydrogen-bond acceptors (Lipinski definition) is 3. The molecule has 0 aromatic rings. The molecule has 0 unspecified atom stereocenters. The summed E-state index contributed by atoms with van der Waals surface area (Å²) in [5, 5.41) is 12.0. The van der Waals surface area contributed by atoms with Crippen molar-refractivity contribution in [3.05, 3.63) is 0 Å². The second-order valence-electron chi connectivity index (χ2n) is 3.97. The van der Waals surface area contributed by atoms with Gasteiger partial charge in [-0.15, -0.1) is 0 Å². The van der Waals surface area contributed by atoms with Crippen LogP contribution in [0.2, 0.25) is 0 Å². The van der Waals surface area contributed by atoms with Gasteiger partial charge in [0.15, 0.2) is 0 Å². The molecular weight excluding hydrogens is 168 g/mol. The van der Waals surface area contributed by atoms with Gasteiger partial charge in [0.05, 0.1) is 5.92 Å². The second-order valence-corrected chi connectivity index (χ2v) is 3.97. The van der Waals surface area contributed by atoms with Crippen molar-refractivity contribution >= 4 is 5.97 Å². The van der Waals surface area contributed by atoms with Crippen LogP contribution in [0, 0.1) is 5.92 Å². The molecule has 0 bridgehead atoms. The van der Waals surface area contributed by atoms with E-state index >= 15 is 0 Å². The highest BCUT2D eigenvalue weighted by Gasteiger charge is 2.36. The number of nitrogens with one attached hydrogen (secondary N) is 1. The van der Waals surface area contributed by atoms with Gasteiger partial charge >= 0.3 is 5.97 Å². The van der Waals surface area contributed by atoms with Crippen LogP contribution in [0.1, 0.15) is 12.8 Å². The van der Waals surface area contributed by atoms with Crippen LogP contribution < -0.4 is 5.32 Å². The highest BCUT2D eigenvalue weighted by atomic mass is 16.4. The van der Waals surface area contributed by atoms with E-state index in [1.54, 1.807) is 0 Å². The third-order valence-electron chi connectivity index (χ3n) is 3.08. The Bertz CT molecular complexity index is 196. The van der Waals surface area contributed by atoms with Crippen molar-refractivity contribution in [1.82, 2.24) is 10.2 Å². The topological polar surface area (TPSA) is 52.6 Å². The van der Waals surface area contributed by atoms with Crippen molar-refractivity contribution in [3.8, 4) is 0 Å². The van der Waals surface area contributed by atoms with Gasteiger partial charge in [-0.05, 0) is 25.9 Å². The molecule has 2 saturated heterocycles. The normalized spacial score (nSPS) is 27.1. The molecule has 4 nitrogen and oxygen atoms in total. The van der Waals surface area contributed by atoms with E-state index in [-0.39, 0.29) is 5.92 Å². The lowest BCUT2D eigenvalue weighted by Crippen LogP contribution is -2.56. The predicted molar refractivity (Wildman–Crippen MR) is 48.6 cm³/mol. The molecule has 2 aliphatic heterocycles. The van der Waals surface area contributed by atoms with E-state index in [0.29, 0.717) is 6.04 Å². The average molecular weight is 184 g/mol. The molecule has 0 saturated carbocycles. The molecule has 2 heterocycles. The van der Waals surface area contributed by atoms with Crippen LogP contribution in [0.3, 0.4) is 0 Å². The molecule has 0 amide bonds. The minimum atomic E-state index is -0.634. The van der Waals surface area contributed by atoms with E-state index in [1.165, 1.54) is 12.8 Å². The summed E-state index contributed by atoms with van der Waals surface area (Å²) < 4.78 is 0. The first-order valence-corrected chi connectivity index (χ1v) is 4.95. The number of likely N-dealkylation sites (tertiary alicyclic amines) is 1. The summed E-state index contributed by atoms with van der Waals surface area (Å²) in [5.74, 6) is -0.736. The zero-order valence-electron chi connectivity index (χ0n) is 7.70. The monoisotopic (exact) mass is 184 g/mol. The molecule has 74 valence electrons. The quantitative estimate of drug-likeness (QED) is 0.621. The maximum atomic E-state index is 10.6. The number of nitrogens with zero attached hydrogens (tertiary/aromatic N) is 1. The maximum Gasteiger partial charge on any atom is 0.309 e. The van der Waals surface area contributed by atoms with Crippen LogP contribution in [-0.4, -0.2) is 48.2 Å². The molecule has 2 rings (SSSR count). The average Bonchev–Trinajstić information content (AvgIpc) is 2.02. The summed E-state index contributed by atoms with van der Waals surface area (Å²) in [6, 6.07) is 0.636. The molecule has 13 heavy (non-hydrogen) atoms. The van der Waals surface area contributed by atoms with Crippen LogP contribution in [0.15, 0.2) is 0 Å². The smallest absolute Gasteiger partial charge is 0.309 e. The van der Waals surface area contributed by atoms with Gasteiger partial charge < -0.3 is 10.4 Å². The Morgan fingerprint density at radius 3 is 2.46 bits per heavy atom. The zero-order valence-corrected chi connectivity index (χ0v) is 7.70. The Morgan fingerprint density at radius 2 is 1.92 bits per heavy atom. The molecule has 2 aliphatic rings. The Morgan fingerprint density at radius 1 is 1.31 bits per heavy atom. The Balaban J connectivity index is 1.75. The predicted octanol–water partition coefficient (Wildman–Crippen LogP) is -0.245. The SMILES string of the molecule is O=C(O)C1CN(C2CCNCC2)C1. The van der Waals surface area contributed by atoms with Gasteiger partial charge in [-0.2, -0.15) is 0 Å². The molecule has 0 aromatic carbocycles. The highest BCUT2D eigenvalue weighted by molar-refractivity contribution is 5.71. The summed E-state index contributed by atoms with van der Waals surface area (Å²) in [5.41, 5.74) is 0. The number of carboxylic acids is 1. The molecule has 0 aliphatic carbocycles. The molecule has 0 aromatic heterocycles. The Labute approximate surface area is 77.9 Å². The van der Waals surface area contributed by atoms with Crippen molar-refractivity contribution in [2.45, 2.75) is 18.9 Å². The maximum absolute atomic E-state index is 10.6. The third kappa shape index (κ3) is 1.84. The van der Waals surface area contributed by atoms with Crippen molar-refractivity contribution in [2.75, 3.05) is 26.2 Å². The van der Waals surface area contributed by atoms with Crippen LogP contribution in [-0.2, 0) is 4.79 Å². The van der Waals surface area contributed by atoms with Crippen molar-refractivity contribution in [2.24, 2.45) is 5.92 Å². The van der Waals surface area contributed by atoms with Gasteiger partial charge in [0.2, 0.25) is 0 Å². The summed E-state index contributed by atoms with van der Waals surface area (Å²) >= 11 is 0. The Kier molecular flexibility index (Phi) is 2.51. The zero-order chi connectivity index (χ0) is 9.26. The lowest BCUT2D eigenvalue weighted by Gasteiger charge is -2.44. The van der Waals surface area contributed by atoms with Gasteiger partial charge in [-0.3, -0.25) is 9.69 Å². The molecule has 2 N–H and O–H groups in total. The van der Waals surface area contributed by atoms with Crippen molar-refractivity contribution in [1.29, 1.82) is 0 Å². The fourth-order valence-corrected chi connectivity index (χ4v) is 2.14. The van der Waals surface area contributed by atoms with Gasteiger partial charge in [0.1, 0.15) is 0 Å². The molecule has 0 atom stereocenters. The van der Waals surface area contributed by atoms with Gasteiger partial charge in [-0.1, -0.05) is 0 Å². The molecular formula is C9H16N2O2. The van der Waals surface area contributed by atoms with Gasteiger partial charge in [0.25, 0.3) is 0 Å².